The van der Waals surface area contributed by atoms with Crippen LogP contribution in [0.25, 0.3) is 0 Å². The highest BCUT2D eigenvalue weighted by molar-refractivity contribution is 7.89. The molecule has 0 spiro atoms. The van der Waals surface area contributed by atoms with Crippen LogP contribution < -0.4 is 9.46 Å². The van der Waals surface area contributed by atoms with Gasteiger partial charge >= 0.3 is 0 Å². The van der Waals surface area contributed by atoms with Gasteiger partial charge in [0.1, 0.15) is 16.5 Å². The fourth-order valence-electron chi connectivity index (χ4n) is 3.47. The Balaban J connectivity index is 1.91. The van der Waals surface area contributed by atoms with Gasteiger partial charge < -0.3 is 4.74 Å². The molecule has 0 aliphatic heterocycles. The molecule has 0 radical (unpaired) electrons. The van der Waals surface area contributed by atoms with Crippen molar-refractivity contribution in [2.45, 2.75) is 50.0 Å². The molecule has 0 bridgehead atoms. The molecule has 3 rings (SSSR count). The zero-order valence-corrected chi connectivity index (χ0v) is 15.9. The third-order valence-corrected chi connectivity index (χ3v) is 6.39. The van der Waals surface area contributed by atoms with Crippen molar-refractivity contribution in [3.8, 4) is 5.75 Å². The second kappa shape index (κ2) is 7.76. The van der Waals surface area contributed by atoms with Gasteiger partial charge in [-0.05, 0) is 67.0 Å². The predicted molar refractivity (Wildman–Crippen MR) is 99.4 cm³/mol. The van der Waals surface area contributed by atoms with E-state index in [0.717, 1.165) is 24.5 Å². The Hall–Kier alpha value is -1.92. The van der Waals surface area contributed by atoms with Gasteiger partial charge in [-0.1, -0.05) is 25.1 Å². The number of sulfonamides is 1. The van der Waals surface area contributed by atoms with E-state index in [1.54, 1.807) is 0 Å². The fraction of sp³-hybridized carbons (Fsp3) is 0.400. The quantitative estimate of drug-likeness (QED) is 0.823. The standard InChI is InChI=1S/C20H24FNO3S/c1-3-18(16-9-8-14-6-4-5-7-15(14)12-16)22-26(23,24)20-13-17(21)10-11-19(20)25-2/h8-13,18,22H,3-7H2,1-2H3/t18-/m1/s1. The maximum Gasteiger partial charge on any atom is 0.244 e. The number of nitrogens with one attached hydrogen (secondary N) is 1. The molecule has 0 unspecified atom stereocenters. The van der Waals surface area contributed by atoms with Crippen LogP contribution in [0.2, 0.25) is 0 Å². The first-order chi connectivity index (χ1) is 12.4. The summed E-state index contributed by atoms with van der Waals surface area (Å²) in [5.41, 5.74) is 3.59. The van der Waals surface area contributed by atoms with Crippen molar-refractivity contribution in [3.05, 3.63) is 58.9 Å². The van der Waals surface area contributed by atoms with Gasteiger partial charge in [-0.25, -0.2) is 17.5 Å². The van der Waals surface area contributed by atoms with E-state index in [2.05, 4.69) is 16.9 Å². The molecule has 140 valence electrons. The maximum absolute atomic E-state index is 13.6. The summed E-state index contributed by atoms with van der Waals surface area (Å²) in [6, 6.07) is 9.31. The summed E-state index contributed by atoms with van der Waals surface area (Å²) >= 11 is 0. The largest absolute Gasteiger partial charge is 0.495 e. The summed E-state index contributed by atoms with van der Waals surface area (Å²) in [5, 5.41) is 0. The number of hydrogen-bond donors (Lipinski definition) is 1. The van der Waals surface area contributed by atoms with E-state index in [4.69, 9.17) is 4.74 Å². The van der Waals surface area contributed by atoms with Crippen molar-refractivity contribution in [1.29, 1.82) is 0 Å². The molecule has 0 amide bonds. The first-order valence-electron chi connectivity index (χ1n) is 8.92. The molecule has 1 aliphatic carbocycles. The van der Waals surface area contributed by atoms with Crippen molar-refractivity contribution in [1.82, 2.24) is 4.72 Å². The molecular weight excluding hydrogens is 353 g/mol. The Morgan fingerprint density at radius 2 is 1.85 bits per heavy atom. The smallest absolute Gasteiger partial charge is 0.244 e. The Morgan fingerprint density at radius 3 is 2.54 bits per heavy atom. The van der Waals surface area contributed by atoms with Crippen LogP contribution in [0, 0.1) is 5.82 Å². The third kappa shape index (κ3) is 3.91. The number of hydrogen-bond acceptors (Lipinski definition) is 3. The van der Waals surface area contributed by atoms with E-state index in [-0.39, 0.29) is 16.7 Å². The lowest BCUT2D eigenvalue weighted by Crippen LogP contribution is -2.29. The van der Waals surface area contributed by atoms with E-state index < -0.39 is 15.8 Å². The SMILES string of the molecule is CC[C@@H](NS(=O)(=O)c1cc(F)ccc1OC)c1ccc2c(c1)CCCC2. The fourth-order valence-corrected chi connectivity index (χ4v) is 4.96. The molecular formula is C20H24FNO3S. The number of rotatable bonds is 6. The van der Waals surface area contributed by atoms with Gasteiger partial charge in [0.05, 0.1) is 7.11 Å². The number of aryl methyl sites for hydroxylation is 2. The molecule has 2 aromatic rings. The van der Waals surface area contributed by atoms with Crippen LogP contribution in [0.5, 0.6) is 5.75 Å². The molecule has 1 aliphatic rings. The minimum atomic E-state index is -3.92. The number of fused-ring (bicyclic) bond motifs is 1. The zero-order chi connectivity index (χ0) is 18.7. The minimum Gasteiger partial charge on any atom is -0.495 e. The molecule has 4 nitrogen and oxygen atoms in total. The van der Waals surface area contributed by atoms with Gasteiger partial charge in [-0.3, -0.25) is 0 Å². The summed E-state index contributed by atoms with van der Waals surface area (Å²) in [7, 11) is -2.55. The van der Waals surface area contributed by atoms with Crippen molar-refractivity contribution < 1.29 is 17.5 Å². The summed E-state index contributed by atoms with van der Waals surface area (Å²) in [6.45, 7) is 1.93. The Labute approximate surface area is 154 Å². The van der Waals surface area contributed by atoms with Crippen LogP contribution in [0.1, 0.15) is 48.9 Å². The molecule has 1 atom stereocenters. The van der Waals surface area contributed by atoms with E-state index in [0.29, 0.717) is 6.42 Å². The third-order valence-electron chi connectivity index (χ3n) is 4.90. The second-order valence-electron chi connectivity index (χ2n) is 6.61. The van der Waals surface area contributed by atoms with Crippen molar-refractivity contribution in [2.75, 3.05) is 7.11 Å². The van der Waals surface area contributed by atoms with Gasteiger partial charge in [0.25, 0.3) is 0 Å². The summed E-state index contributed by atoms with van der Waals surface area (Å²) in [5.74, 6) is -0.493. The van der Waals surface area contributed by atoms with E-state index in [1.165, 1.54) is 43.2 Å². The molecule has 0 aromatic heterocycles. The van der Waals surface area contributed by atoms with Crippen LogP contribution in [-0.4, -0.2) is 15.5 Å². The van der Waals surface area contributed by atoms with Gasteiger partial charge in [-0.2, -0.15) is 0 Å². The molecule has 2 aromatic carbocycles. The zero-order valence-electron chi connectivity index (χ0n) is 15.1. The lowest BCUT2D eigenvalue weighted by Gasteiger charge is -2.22. The number of ether oxygens (including phenoxy) is 1. The first-order valence-corrected chi connectivity index (χ1v) is 10.4. The average Bonchev–Trinajstić information content (AvgIpc) is 2.65. The Bertz CT molecular complexity index is 896. The summed E-state index contributed by atoms with van der Waals surface area (Å²) in [6.07, 6.45) is 5.08. The molecule has 0 saturated carbocycles. The van der Waals surface area contributed by atoms with Gasteiger partial charge in [0.2, 0.25) is 10.0 Å². The van der Waals surface area contributed by atoms with Crippen LogP contribution in [0.4, 0.5) is 4.39 Å². The summed E-state index contributed by atoms with van der Waals surface area (Å²) in [4.78, 5) is -0.184. The monoisotopic (exact) mass is 377 g/mol. The Kier molecular flexibility index (Phi) is 5.63. The average molecular weight is 377 g/mol. The van der Waals surface area contributed by atoms with Crippen LogP contribution in [0.3, 0.4) is 0 Å². The van der Waals surface area contributed by atoms with Crippen molar-refractivity contribution in [2.24, 2.45) is 0 Å². The lowest BCUT2D eigenvalue weighted by molar-refractivity contribution is 0.400. The molecule has 6 heteroatoms. The van der Waals surface area contributed by atoms with Crippen molar-refractivity contribution >= 4 is 10.0 Å². The highest BCUT2D eigenvalue weighted by Crippen LogP contribution is 2.29. The summed E-state index contributed by atoms with van der Waals surface area (Å²) < 4.78 is 47.1. The second-order valence-corrected chi connectivity index (χ2v) is 8.29. The van der Waals surface area contributed by atoms with Crippen LogP contribution >= 0.6 is 0 Å². The van der Waals surface area contributed by atoms with Gasteiger partial charge in [-0.15, -0.1) is 0 Å². The van der Waals surface area contributed by atoms with E-state index >= 15 is 0 Å². The van der Waals surface area contributed by atoms with Crippen molar-refractivity contribution in [3.63, 3.8) is 0 Å². The topological polar surface area (TPSA) is 55.4 Å². The van der Waals surface area contributed by atoms with E-state index in [9.17, 15) is 12.8 Å². The minimum absolute atomic E-state index is 0.124. The Morgan fingerprint density at radius 1 is 1.12 bits per heavy atom. The van der Waals surface area contributed by atoms with Crippen LogP contribution in [0.15, 0.2) is 41.3 Å². The predicted octanol–water partition coefficient (Wildman–Crippen LogP) is 4.14. The van der Waals surface area contributed by atoms with Crippen LogP contribution in [-0.2, 0) is 22.9 Å². The highest BCUT2D eigenvalue weighted by atomic mass is 32.2. The van der Waals surface area contributed by atoms with Gasteiger partial charge in [0.15, 0.2) is 0 Å². The molecule has 1 N–H and O–H groups in total. The highest BCUT2D eigenvalue weighted by Gasteiger charge is 2.25. The maximum atomic E-state index is 13.6. The number of benzene rings is 2. The molecule has 0 heterocycles. The molecule has 0 fully saturated rings. The number of halogens is 1. The first kappa shape index (κ1) is 18.9. The lowest BCUT2D eigenvalue weighted by atomic mass is 9.89. The van der Waals surface area contributed by atoms with E-state index in [1.807, 2.05) is 13.0 Å². The normalized spacial score (nSPS) is 15.3. The van der Waals surface area contributed by atoms with Gasteiger partial charge in [0, 0.05) is 6.04 Å². The molecule has 0 saturated heterocycles. The number of methoxy groups -OCH3 is 1. The molecule has 26 heavy (non-hydrogen) atoms.